The van der Waals surface area contributed by atoms with Crippen LogP contribution in [0.3, 0.4) is 0 Å². The Morgan fingerprint density at radius 2 is 1.80 bits per heavy atom. The minimum absolute atomic E-state index is 0.133. The summed E-state index contributed by atoms with van der Waals surface area (Å²) in [6.07, 6.45) is 6.26. The Bertz CT molecular complexity index is 391. The average Bonchev–Trinajstić information content (AvgIpc) is 2.96. The molecule has 0 bridgehead atoms. The number of aryl methyl sites for hydroxylation is 2. The van der Waals surface area contributed by atoms with E-state index in [4.69, 9.17) is 0 Å². The van der Waals surface area contributed by atoms with E-state index in [0.29, 0.717) is 5.92 Å². The first-order valence-electron chi connectivity index (χ1n) is 5.46. The summed E-state index contributed by atoms with van der Waals surface area (Å²) in [7, 11) is 0. The van der Waals surface area contributed by atoms with Crippen LogP contribution in [0.1, 0.15) is 34.3 Å². The van der Waals surface area contributed by atoms with Crippen molar-refractivity contribution in [1.29, 1.82) is 0 Å². The smallest absolute Gasteiger partial charge is 0.185 e. The van der Waals surface area contributed by atoms with Gasteiger partial charge in [-0.25, -0.2) is 0 Å². The van der Waals surface area contributed by atoms with Crippen LogP contribution in [-0.2, 0) is 0 Å². The van der Waals surface area contributed by atoms with Crippen molar-refractivity contribution in [1.82, 2.24) is 0 Å². The van der Waals surface area contributed by atoms with Crippen molar-refractivity contribution in [3.63, 3.8) is 0 Å². The number of hydrogen-bond donors (Lipinski definition) is 0. The first kappa shape index (κ1) is 10.2. The summed E-state index contributed by atoms with van der Waals surface area (Å²) in [6, 6.07) is 5.99. The molecule has 1 fully saturated rings. The standard InChI is InChI=1S/C14H16O/c1-10-7-11(2)9-13(8-10)14(15)6-5-12-3-4-12/h5-9,12H,3-4H2,1-2H3/b6-5+. The van der Waals surface area contributed by atoms with E-state index in [0.717, 1.165) is 16.7 Å². The lowest BCUT2D eigenvalue weighted by Gasteiger charge is -2.00. The molecule has 0 unspecified atom stereocenters. The van der Waals surface area contributed by atoms with Crippen molar-refractivity contribution in [2.24, 2.45) is 5.92 Å². The normalized spacial score (nSPS) is 15.9. The van der Waals surface area contributed by atoms with Gasteiger partial charge in [-0.15, -0.1) is 0 Å². The molecule has 0 amide bonds. The summed E-state index contributed by atoms with van der Waals surface area (Å²) in [5.74, 6) is 0.800. The van der Waals surface area contributed by atoms with Crippen LogP contribution < -0.4 is 0 Å². The van der Waals surface area contributed by atoms with Gasteiger partial charge >= 0.3 is 0 Å². The second-order valence-corrected chi connectivity index (χ2v) is 4.44. The topological polar surface area (TPSA) is 17.1 Å². The SMILES string of the molecule is Cc1cc(C)cc(C(=O)/C=C/C2CC2)c1. The van der Waals surface area contributed by atoms with E-state index in [-0.39, 0.29) is 5.78 Å². The first-order chi connectivity index (χ1) is 7.15. The molecule has 2 rings (SSSR count). The second kappa shape index (κ2) is 4.01. The summed E-state index contributed by atoms with van der Waals surface area (Å²) in [6.45, 7) is 4.04. The third-order valence-corrected chi connectivity index (χ3v) is 2.65. The molecule has 1 saturated carbocycles. The zero-order valence-corrected chi connectivity index (χ0v) is 9.29. The van der Waals surface area contributed by atoms with Crippen LogP contribution in [0, 0.1) is 19.8 Å². The fourth-order valence-electron chi connectivity index (χ4n) is 1.73. The summed E-state index contributed by atoms with van der Waals surface area (Å²) >= 11 is 0. The molecule has 1 aromatic rings. The number of carbonyl (C=O) groups is 1. The molecule has 0 radical (unpaired) electrons. The lowest BCUT2D eigenvalue weighted by atomic mass is 10.0. The average molecular weight is 200 g/mol. The van der Waals surface area contributed by atoms with Gasteiger partial charge in [0.1, 0.15) is 0 Å². The molecule has 0 atom stereocenters. The highest BCUT2D eigenvalue weighted by atomic mass is 16.1. The Labute approximate surface area is 90.8 Å². The van der Waals surface area contributed by atoms with E-state index in [2.05, 4.69) is 6.07 Å². The van der Waals surface area contributed by atoms with Crippen molar-refractivity contribution in [2.75, 3.05) is 0 Å². The molecule has 0 saturated heterocycles. The molecule has 0 aliphatic heterocycles. The van der Waals surface area contributed by atoms with Gasteiger partial charge in [0.05, 0.1) is 0 Å². The largest absolute Gasteiger partial charge is 0.289 e. The fourth-order valence-corrected chi connectivity index (χ4v) is 1.73. The van der Waals surface area contributed by atoms with Gasteiger partial charge in [0, 0.05) is 5.56 Å². The lowest BCUT2D eigenvalue weighted by Crippen LogP contribution is -1.96. The molecule has 1 nitrogen and oxygen atoms in total. The molecule has 1 heteroatoms. The summed E-state index contributed by atoms with van der Waals surface area (Å²) in [5, 5.41) is 0. The number of benzene rings is 1. The highest BCUT2D eigenvalue weighted by molar-refractivity contribution is 6.04. The van der Waals surface area contributed by atoms with Gasteiger partial charge in [-0.2, -0.15) is 0 Å². The van der Waals surface area contributed by atoms with E-state index in [1.54, 1.807) is 6.08 Å². The summed E-state index contributed by atoms with van der Waals surface area (Å²) < 4.78 is 0. The molecule has 15 heavy (non-hydrogen) atoms. The van der Waals surface area contributed by atoms with Crippen molar-refractivity contribution >= 4 is 5.78 Å². The van der Waals surface area contributed by atoms with E-state index >= 15 is 0 Å². The summed E-state index contributed by atoms with van der Waals surface area (Å²) in [5.41, 5.74) is 3.11. The maximum absolute atomic E-state index is 11.8. The van der Waals surface area contributed by atoms with Crippen LogP contribution in [0.2, 0.25) is 0 Å². The van der Waals surface area contributed by atoms with Crippen LogP contribution in [0.25, 0.3) is 0 Å². The third kappa shape index (κ3) is 2.79. The van der Waals surface area contributed by atoms with Gasteiger partial charge in [-0.1, -0.05) is 23.3 Å². The highest BCUT2D eigenvalue weighted by Gasteiger charge is 2.17. The predicted octanol–water partition coefficient (Wildman–Crippen LogP) is 3.45. The van der Waals surface area contributed by atoms with E-state index in [1.165, 1.54) is 12.8 Å². The molecular formula is C14H16O. The van der Waals surface area contributed by atoms with Gasteiger partial charge in [0.15, 0.2) is 5.78 Å². The Morgan fingerprint density at radius 1 is 1.20 bits per heavy atom. The van der Waals surface area contributed by atoms with Gasteiger partial charge in [-0.3, -0.25) is 4.79 Å². The van der Waals surface area contributed by atoms with Crippen molar-refractivity contribution in [3.05, 3.63) is 47.0 Å². The molecule has 0 aromatic heterocycles. The summed E-state index contributed by atoms with van der Waals surface area (Å²) in [4.78, 5) is 11.8. The van der Waals surface area contributed by atoms with E-state index in [1.807, 2.05) is 32.1 Å². The van der Waals surface area contributed by atoms with Crippen LogP contribution in [0.4, 0.5) is 0 Å². The predicted molar refractivity (Wildman–Crippen MR) is 62.1 cm³/mol. The van der Waals surface area contributed by atoms with Crippen molar-refractivity contribution in [3.8, 4) is 0 Å². The quantitative estimate of drug-likeness (QED) is 0.539. The Hall–Kier alpha value is -1.37. The van der Waals surface area contributed by atoms with Crippen LogP contribution in [0.15, 0.2) is 30.4 Å². The first-order valence-corrected chi connectivity index (χ1v) is 5.46. The Balaban J connectivity index is 2.16. The maximum Gasteiger partial charge on any atom is 0.185 e. The van der Waals surface area contributed by atoms with Gasteiger partial charge < -0.3 is 0 Å². The highest BCUT2D eigenvalue weighted by Crippen LogP contribution is 2.30. The molecule has 1 aromatic carbocycles. The fraction of sp³-hybridized carbons (Fsp3) is 0.357. The number of allylic oxidation sites excluding steroid dienone is 2. The van der Waals surface area contributed by atoms with Gasteiger partial charge in [0.2, 0.25) is 0 Å². The lowest BCUT2D eigenvalue weighted by molar-refractivity contribution is 0.104. The maximum atomic E-state index is 11.8. The second-order valence-electron chi connectivity index (χ2n) is 4.44. The zero-order valence-electron chi connectivity index (χ0n) is 9.29. The van der Waals surface area contributed by atoms with Gasteiger partial charge in [0.25, 0.3) is 0 Å². The van der Waals surface area contributed by atoms with Crippen LogP contribution in [-0.4, -0.2) is 5.78 Å². The van der Waals surface area contributed by atoms with E-state index in [9.17, 15) is 4.79 Å². The molecular weight excluding hydrogens is 184 g/mol. The van der Waals surface area contributed by atoms with Crippen molar-refractivity contribution < 1.29 is 4.79 Å². The minimum atomic E-state index is 0.133. The molecule has 0 heterocycles. The number of hydrogen-bond acceptors (Lipinski definition) is 1. The molecule has 1 aliphatic carbocycles. The van der Waals surface area contributed by atoms with E-state index < -0.39 is 0 Å². The van der Waals surface area contributed by atoms with Gasteiger partial charge in [-0.05, 0) is 50.8 Å². The monoisotopic (exact) mass is 200 g/mol. The molecule has 78 valence electrons. The Kier molecular flexibility index (Phi) is 2.72. The molecule has 0 spiro atoms. The van der Waals surface area contributed by atoms with Crippen LogP contribution in [0.5, 0.6) is 0 Å². The number of carbonyl (C=O) groups excluding carboxylic acids is 1. The Morgan fingerprint density at radius 3 is 2.33 bits per heavy atom. The number of ketones is 1. The number of rotatable bonds is 3. The minimum Gasteiger partial charge on any atom is -0.289 e. The molecule has 0 N–H and O–H groups in total. The zero-order chi connectivity index (χ0) is 10.8. The van der Waals surface area contributed by atoms with Crippen molar-refractivity contribution in [2.45, 2.75) is 26.7 Å². The third-order valence-electron chi connectivity index (χ3n) is 2.65. The van der Waals surface area contributed by atoms with Crippen LogP contribution >= 0.6 is 0 Å². The molecule has 1 aliphatic rings.